The molecule has 0 bridgehead atoms. The summed E-state index contributed by atoms with van der Waals surface area (Å²) in [4.78, 5) is 1.98. The fourth-order valence-corrected chi connectivity index (χ4v) is 2.07. The van der Waals surface area contributed by atoms with Crippen molar-refractivity contribution < 1.29 is 8.78 Å². The molecule has 0 aliphatic rings. The van der Waals surface area contributed by atoms with Crippen LogP contribution in [0.4, 0.5) is 8.78 Å². The lowest BCUT2D eigenvalue weighted by Gasteiger charge is -2.17. The molecule has 0 aromatic heterocycles. The molecule has 0 radical (unpaired) electrons. The summed E-state index contributed by atoms with van der Waals surface area (Å²) in [7, 11) is 1.89. The fraction of sp³-hybridized carbons (Fsp3) is 0.188. The molecule has 0 aliphatic heterocycles. The van der Waals surface area contributed by atoms with E-state index < -0.39 is 5.82 Å². The maximum Gasteiger partial charge on any atom is 0.140 e. The van der Waals surface area contributed by atoms with Crippen LogP contribution in [0.25, 0.3) is 0 Å². The lowest BCUT2D eigenvalue weighted by Crippen LogP contribution is -2.17. The van der Waals surface area contributed by atoms with E-state index in [9.17, 15) is 8.78 Å². The molecule has 2 aromatic rings. The zero-order chi connectivity index (χ0) is 14.5. The first kappa shape index (κ1) is 14.2. The third-order valence-corrected chi connectivity index (χ3v) is 2.95. The molecule has 0 amide bonds. The molecule has 0 fully saturated rings. The molecule has 0 unspecified atom stereocenters. The maximum atomic E-state index is 13.2. The van der Waals surface area contributed by atoms with Crippen LogP contribution in [-0.2, 0) is 13.1 Å². The molecule has 2 nitrogen and oxygen atoms in total. The van der Waals surface area contributed by atoms with E-state index in [-0.39, 0.29) is 11.4 Å². The van der Waals surface area contributed by atoms with Crippen LogP contribution in [0.15, 0.2) is 42.5 Å². The van der Waals surface area contributed by atoms with Crippen LogP contribution in [-0.4, -0.2) is 11.9 Å². The maximum absolute atomic E-state index is 13.2. The van der Waals surface area contributed by atoms with Crippen LogP contribution in [0.3, 0.4) is 0 Å². The van der Waals surface area contributed by atoms with Gasteiger partial charge in [-0.2, -0.15) is 5.26 Å². The van der Waals surface area contributed by atoms with E-state index in [1.807, 2.05) is 24.1 Å². The Morgan fingerprint density at radius 2 is 1.75 bits per heavy atom. The fourth-order valence-electron chi connectivity index (χ4n) is 2.07. The normalized spacial score (nSPS) is 10.6. The van der Waals surface area contributed by atoms with Gasteiger partial charge >= 0.3 is 0 Å². The highest BCUT2D eigenvalue weighted by Gasteiger charge is 2.06. The van der Waals surface area contributed by atoms with Gasteiger partial charge in [0.15, 0.2) is 0 Å². The molecule has 2 rings (SSSR count). The average molecular weight is 272 g/mol. The van der Waals surface area contributed by atoms with Crippen molar-refractivity contribution in [1.29, 1.82) is 5.26 Å². The zero-order valence-electron chi connectivity index (χ0n) is 11.1. The molecule has 2 aromatic carbocycles. The first-order valence-electron chi connectivity index (χ1n) is 6.20. The Labute approximate surface area is 116 Å². The summed E-state index contributed by atoms with van der Waals surface area (Å²) >= 11 is 0. The lowest BCUT2D eigenvalue weighted by atomic mass is 10.1. The van der Waals surface area contributed by atoms with Gasteiger partial charge in [0.1, 0.15) is 17.7 Å². The standard InChI is InChI=1S/C16H14F2N2/c1-20(10-12-3-2-4-15(17)8-12)11-13-5-6-16(18)14(7-13)9-19/h2-8H,10-11H2,1H3. The van der Waals surface area contributed by atoms with Gasteiger partial charge in [-0.15, -0.1) is 0 Å². The van der Waals surface area contributed by atoms with E-state index in [2.05, 4.69) is 0 Å². The molecule has 0 saturated heterocycles. The molecular formula is C16H14F2N2. The molecule has 0 N–H and O–H groups in total. The Balaban J connectivity index is 2.05. The quantitative estimate of drug-likeness (QED) is 0.852. The lowest BCUT2D eigenvalue weighted by molar-refractivity contribution is 0.318. The summed E-state index contributed by atoms with van der Waals surface area (Å²) in [5, 5.41) is 8.80. The third kappa shape index (κ3) is 3.62. The Kier molecular flexibility index (Phi) is 4.44. The molecule has 0 atom stereocenters. The third-order valence-electron chi connectivity index (χ3n) is 2.95. The Bertz CT molecular complexity index is 647. The van der Waals surface area contributed by atoms with E-state index in [4.69, 9.17) is 5.26 Å². The number of rotatable bonds is 4. The van der Waals surface area contributed by atoms with Crippen molar-refractivity contribution in [2.45, 2.75) is 13.1 Å². The molecular weight excluding hydrogens is 258 g/mol. The van der Waals surface area contributed by atoms with Gasteiger partial charge in [0.2, 0.25) is 0 Å². The van der Waals surface area contributed by atoms with E-state index in [1.54, 1.807) is 12.1 Å². The number of benzene rings is 2. The van der Waals surface area contributed by atoms with Gasteiger partial charge in [0, 0.05) is 13.1 Å². The average Bonchev–Trinajstić information content (AvgIpc) is 2.41. The van der Waals surface area contributed by atoms with Gasteiger partial charge in [-0.1, -0.05) is 18.2 Å². The van der Waals surface area contributed by atoms with Crippen molar-refractivity contribution in [2.75, 3.05) is 7.05 Å². The Morgan fingerprint density at radius 1 is 1.05 bits per heavy atom. The Hall–Kier alpha value is -2.25. The van der Waals surface area contributed by atoms with Crippen LogP contribution in [0.5, 0.6) is 0 Å². The highest BCUT2D eigenvalue weighted by Crippen LogP contribution is 2.13. The van der Waals surface area contributed by atoms with Gasteiger partial charge in [0.05, 0.1) is 5.56 Å². The van der Waals surface area contributed by atoms with Crippen molar-refractivity contribution >= 4 is 0 Å². The minimum atomic E-state index is -0.510. The SMILES string of the molecule is CN(Cc1cccc(F)c1)Cc1ccc(F)c(C#N)c1. The van der Waals surface area contributed by atoms with E-state index in [0.717, 1.165) is 11.1 Å². The van der Waals surface area contributed by atoms with Gasteiger partial charge in [-0.25, -0.2) is 8.78 Å². The van der Waals surface area contributed by atoms with Crippen LogP contribution in [0, 0.1) is 23.0 Å². The second-order valence-corrected chi connectivity index (χ2v) is 4.73. The molecule has 0 heterocycles. The minimum Gasteiger partial charge on any atom is -0.298 e. The summed E-state index contributed by atoms with van der Waals surface area (Å²) in [6.07, 6.45) is 0. The number of hydrogen-bond donors (Lipinski definition) is 0. The van der Waals surface area contributed by atoms with Crippen LogP contribution in [0.1, 0.15) is 16.7 Å². The summed E-state index contributed by atoms with van der Waals surface area (Å²) < 4.78 is 26.3. The number of halogens is 2. The largest absolute Gasteiger partial charge is 0.298 e. The molecule has 0 saturated carbocycles. The molecule has 102 valence electrons. The van der Waals surface area contributed by atoms with Gasteiger partial charge in [-0.05, 0) is 42.4 Å². The number of hydrogen-bond acceptors (Lipinski definition) is 2. The predicted molar refractivity (Wildman–Crippen MR) is 72.7 cm³/mol. The van der Waals surface area contributed by atoms with Crippen molar-refractivity contribution in [3.05, 3.63) is 70.8 Å². The predicted octanol–water partition coefficient (Wildman–Crippen LogP) is 3.47. The summed E-state index contributed by atoms with van der Waals surface area (Å²) in [5.74, 6) is -0.770. The topological polar surface area (TPSA) is 27.0 Å². The number of nitriles is 1. The van der Waals surface area contributed by atoms with Crippen molar-refractivity contribution in [3.63, 3.8) is 0 Å². The zero-order valence-corrected chi connectivity index (χ0v) is 11.1. The van der Waals surface area contributed by atoms with Crippen molar-refractivity contribution in [1.82, 2.24) is 4.90 Å². The van der Waals surface area contributed by atoms with Crippen molar-refractivity contribution in [3.8, 4) is 6.07 Å². The highest BCUT2D eigenvalue weighted by atomic mass is 19.1. The van der Waals surface area contributed by atoms with Crippen molar-refractivity contribution in [2.24, 2.45) is 0 Å². The van der Waals surface area contributed by atoms with Crippen LogP contribution >= 0.6 is 0 Å². The van der Waals surface area contributed by atoms with Gasteiger partial charge in [0.25, 0.3) is 0 Å². The van der Waals surface area contributed by atoms with Crippen LogP contribution in [0.2, 0.25) is 0 Å². The second kappa shape index (κ2) is 6.27. The van der Waals surface area contributed by atoms with E-state index >= 15 is 0 Å². The minimum absolute atomic E-state index is 0.0432. The molecule has 20 heavy (non-hydrogen) atoms. The first-order valence-corrected chi connectivity index (χ1v) is 6.20. The Morgan fingerprint density at radius 3 is 2.40 bits per heavy atom. The summed E-state index contributed by atoms with van der Waals surface area (Å²) in [6.45, 7) is 1.14. The smallest absolute Gasteiger partial charge is 0.140 e. The molecule has 4 heteroatoms. The second-order valence-electron chi connectivity index (χ2n) is 4.73. The highest BCUT2D eigenvalue weighted by molar-refractivity contribution is 5.34. The summed E-state index contributed by atoms with van der Waals surface area (Å²) in [6, 6.07) is 12.7. The summed E-state index contributed by atoms with van der Waals surface area (Å²) in [5.41, 5.74) is 1.76. The van der Waals surface area contributed by atoms with E-state index in [1.165, 1.54) is 24.3 Å². The monoisotopic (exact) mass is 272 g/mol. The van der Waals surface area contributed by atoms with E-state index in [0.29, 0.717) is 13.1 Å². The van der Waals surface area contributed by atoms with Gasteiger partial charge < -0.3 is 0 Å². The molecule has 0 aliphatic carbocycles. The first-order chi connectivity index (χ1) is 9.58. The van der Waals surface area contributed by atoms with Crippen LogP contribution < -0.4 is 0 Å². The van der Waals surface area contributed by atoms with Gasteiger partial charge in [-0.3, -0.25) is 4.90 Å². The number of nitrogens with zero attached hydrogens (tertiary/aromatic N) is 2. The molecule has 0 spiro atoms.